The summed E-state index contributed by atoms with van der Waals surface area (Å²) in [6.45, 7) is 7.18. The molecule has 0 aromatic heterocycles. The second-order valence-corrected chi connectivity index (χ2v) is 8.34. The number of anilines is 1. The second-order valence-electron chi connectivity index (χ2n) is 8.34. The van der Waals surface area contributed by atoms with Crippen LogP contribution in [0.15, 0.2) is 89.5 Å². The lowest BCUT2D eigenvalue weighted by Gasteiger charge is -2.11. The third-order valence-corrected chi connectivity index (χ3v) is 5.94. The highest BCUT2D eigenvalue weighted by molar-refractivity contribution is 6.32. The zero-order valence-corrected chi connectivity index (χ0v) is 19.9. The van der Waals surface area contributed by atoms with Gasteiger partial charge in [0.1, 0.15) is 24.7 Å². The molecule has 0 radical (unpaired) electrons. The molecule has 0 bridgehead atoms. The van der Waals surface area contributed by atoms with Gasteiger partial charge in [0.15, 0.2) is 0 Å². The molecule has 5 heteroatoms. The van der Waals surface area contributed by atoms with Crippen LogP contribution in [-0.2, 0) is 4.79 Å². The molecule has 1 amide bonds. The van der Waals surface area contributed by atoms with Crippen LogP contribution in [-0.4, -0.2) is 24.8 Å². The normalized spacial score (nSPS) is 15.4. The average Bonchev–Trinajstić information content (AvgIpc) is 3.16. The zero-order valence-electron chi connectivity index (χ0n) is 19.9. The Labute approximate surface area is 201 Å². The van der Waals surface area contributed by atoms with E-state index in [0.29, 0.717) is 30.4 Å². The van der Waals surface area contributed by atoms with Gasteiger partial charge in [0, 0.05) is 0 Å². The van der Waals surface area contributed by atoms with Crippen molar-refractivity contribution >= 4 is 23.4 Å². The minimum atomic E-state index is -0.127. The molecule has 174 valence electrons. The number of ether oxygens (including phenoxy) is 2. The molecule has 3 aromatic rings. The van der Waals surface area contributed by atoms with Crippen LogP contribution in [0.3, 0.4) is 0 Å². The van der Waals surface area contributed by atoms with Crippen molar-refractivity contribution in [3.05, 3.63) is 95.6 Å². The van der Waals surface area contributed by atoms with Crippen LogP contribution in [0, 0.1) is 0 Å². The molecule has 1 atom stereocenters. The molecule has 4 rings (SSSR count). The predicted octanol–water partition coefficient (Wildman–Crippen LogP) is 6.46. The fraction of sp³-hybridized carbons (Fsp3) is 0.241. The van der Waals surface area contributed by atoms with Crippen molar-refractivity contribution in [2.24, 2.45) is 5.10 Å². The Balaban J connectivity index is 1.29. The van der Waals surface area contributed by atoms with Crippen molar-refractivity contribution in [3.8, 4) is 11.5 Å². The van der Waals surface area contributed by atoms with Gasteiger partial charge < -0.3 is 9.47 Å². The number of rotatable bonds is 9. The number of carbonyl (C=O) groups excluding carboxylic acids is 1. The summed E-state index contributed by atoms with van der Waals surface area (Å²) in [6, 6.07) is 25.4. The van der Waals surface area contributed by atoms with Gasteiger partial charge in [-0.15, -0.1) is 0 Å². The Bertz CT molecular complexity index is 1170. The van der Waals surface area contributed by atoms with Crippen molar-refractivity contribution in [2.45, 2.75) is 33.1 Å². The van der Waals surface area contributed by atoms with E-state index in [1.807, 2.05) is 79.7 Å². The topological polar surface area (TPSA) is 51.1 Å². The first kappa shape index (κ1) is 23.3. The monoisotopic (exact) mass is 454 g/mol. The standard InChI is InChI=1S/C29H30N2O3/c1-4-21(2)24-12-16-27(17-13-24)34-19-18-33-26-14-10-23(11-15-26)20-28-22(3)30-31(29(28)32)25-8-6-5-7-9-25/h5-17,20-21H,4,18-19H2,1-3H3/b28-20+. The number of carbonyl (C=O) groups is 1. The van der Waals surface area contributed by atoms with Crippen molar-refractivity contribution in [1.29, 1.82) is 0 Å². The molecule has 3 aromatic carbocycles. The Kier molecular flexibility index (Phi) is 7.43. The fourth-order valence-corrected chi connectivity index (χ4v) is 3.70. The van der Waals surface area contributed by atoms with E-state index < -0.39 is 0 Å². The lowest BCUT2D eigenvalue weighted by atomic mass is 9.99. The lowest BCUT2D eigenvalue weighted by molar-refractivity contribution is -0.114. The molecule has 5 nitrogen and oxygen atoms in total. The molecular formula is C29H30N2O3. The van der Waals surface area contributed by atoms with Crippen LogP contribution < -0.4 is 14.5 Å². The van der Waals surface area contributed by atoms with Crippen LogP contribution in [0.5, 0.6) is 11.5 Å². The number of nitrogens with zero attached hydrogens (tertiary/aromatic N) is 2. The van der Waals surface area contributed by atoms with E-state index in [-0.39, 0.29) is 5.91 Å². The molecule has 1 aliphatic rings. The Morgan fingerprint density at radius 1 is 0.882 bits per heavy atom. The third-order valence-electron chi connectivity index (χ3n) is 5.94. The first-order valence-electron chi connectivity index (χ1n) is 11.7. The van der Waals surface area contributed by atoms with Crippen LogP contribution in [0.2, 0.25) is 0 Å². The number of benzene rings is 3. The van der Waals surface area contributed by atoms with Crippen LogP contribution in [0.25, 0.3) is 6.08 Å². The minimum Gasteiger partial charge on any atom is -0.490 e. The average molecular weight is 455 g/mol. The van der Waals surface area contributed by atoms with Gasteiger partial charge in [-0.05, 0) is 72.9 Å². The number of hydrogen-bond donors (Lipinski definition) is 0. The van der Waals surface area contributed by atoms with Crippen molar-refractivity contribution in [1.82, 2.24) is 0 Å². The van der Waals surface area contributed by atoms with E-state index in [4.69, 9.17) is 9.47 Å². The molecule has 0 spiro atoms. The highest BCUT2D eigenvalue weighted by atomic mass is 16.5. The number of para-hydroxylation sites is 1. The molecule has 0 N–H and O–H groups in total. The number of hydrogen-bond acceptors (Lipinski definition) is 4. The van der Waals surface area contributed by atoms with Gasteiger partial charge in [0.05, 0.1) is 17.0 Å². The van der Waals surface area contributed by atoms with Gasteiger partial charge in [-0.2, -0.15) is 10.1 Å². The summed E-state index contributed by atoms with van der Waals surface area (Å²) < 4.78 is 11.6. The van der Waals surface area contributed by atoms with Gasteiger partial charge >= 0.3 is 0 Å². The molecular weight excluding hydrogens is 424 g/mol. The first-order valence-corrected chi connectivity index (χ1v) is 11.7. The summed E-state index contributed by atoms with van der Waals surface area (Å²) in [7, 11) is 0. The number of hydrazone groups is 1. The Morgan fingerprint density at radius 2 is 1.47 bits per heavy atom. The maximum Gasteiger partial charge on any atom is 0.280 e. The predicted molar refractivity (Wildman–Crippen MR) is 138 cm³/mol. The molecule has 34 heavy (non-hydrogen) atoms. The van der Waals surface area contributed by atoms with Gasteiger partial charge in [-0.3, -0.25) is 4.79 Å². The summed E-state index contributed by atoms with van der Waals surface area (Å²) in [5.74, 6) is 2.03. The molecule has 0 fully saturated rings. The van der Waals surface area contributed by atoms with Gasteiger partial charge in [0.2, 0.25) is 0 Å². The summed E-state index contributed by atoms with van der Waals surface area (Å²) in [6.07, 6.45) is 2.99. The van der Waals surface area contributed by atoms with Crippen LogP contribution in [0.4, 0.5) is 5.69 Å². The lowest BCUT2D eigenvalue weighted by Crippen LogP contribution is -2.21. The van der Waals surface area contributed by atoms with Crippen molar-refractivity contribution in [2.75, 3.05) is 18.2 Å². The Hall–Kier alpha value is -3.86. The van der Waals surface area contributed by atoms with E-state index in [0.717, 1.165) is 29.2 Å². The smallest absolute Gasteiger partial charge is 0.280 e. The van der Waals surface area contributed by atoms with E-state index in [9.17, 15) is 4.79 Å². The maximum atomic E-state index is 12.9. The van der Waals surface area contributed by atoms with E-state index >= 15 is 0 Å². The fourth-order valence-electron chi connectivity index (χ4n) is 3.70. The maximum absolute atomic E-state index is 12.9. The quantitative estimate of drug-likeness (QED) is 0.275. The van der Waals surface area contributed by atoms with Gasteiger partial charge in [0.25, 0.3) is 5.91 Å². The molecule has 1 heterocycles. The van der Waals surface area contributed by atoms with Gasteiger partial charge in [-0.25, -0.2) is 0 Å². The largest absolute Gasteiger partial charge is 0.490 e. The summed E-state index contributed by atoms with van der Waals surface area (Å²) in [5, 5.41) is 5.86. The summed E-state index contributed by atoms with van der Waals surface area (Å²) in [4.78, 5) is 12.9. The third kappa shape index (κ3) is 5.54. The highest BCUT2D eigenvalue weighted by Gasteiger charge is 2.28. The van der Waals surface area contributed by atoms with Crippen molar-refractivity contribution in [3.63, 3.8) is 0 Å². The number of amides is 1. The van der Waals surface area contributed by atoms with Crippen LogP contribution >= 0.6 is 0 Å². The molecule has 0 saturated carbocycles. The Morgan fingerprint density at radius 3 is 2.06 bits per heavy atom. The van der Waals surface area contributed by atoms with E-state index in [1.165, 1.54) is 10.6 Å². The molecule has 0 aliphatic carbocycles. The molecule has 1 aliphatic heterocycles. The second kappa shape index (κ2) is 10.8. The minimum absolute atomic E-state index is 0.127. The summed E-state index contributed by atoms with van der Waals surface area (Å²) in [5.41, 5.74) is 4.29. The zero-order chi connectivity index (χ0) is 23.9. The molecule has 1 unspecified atom stereocenters. The first-order chi connectivity index (χ1) is 16.5. The summed E-state index contributed by atoms with van der Waals surface area (Å²) >= 11 is 0. The SMILES string of the molecule is CCC(C)c1ccc(OCCOc2ccc(/C=C3/C(=O)N(c4ccccc4)N=C3C)cc2)cc1. The van der Waals surface area contributed by atoms with E-state index in [2.05, 4.69) is 31.1 Å². The molecule has 0 saturated heterocycles. The van der Waals surface area contributed by atoms with Crippen LogP contribution in [0.1, 0.15) is 44.2 Å². The highest BCUT2D eigenvalue weighted by Crippen LogP contribution is 2.25. The van der Waals surface area contributed by atoms with E-state index in [1.54, 1.807) is 0 Å². The van der Waals surface area contributed by atoms with Crippen molar-refractivity contribution < 1.29 is 14.3 Å². The van der Waals surface area contributed by atoms with Gasteiger partial charge in [-0.1, -0.05) is 56.3 Å².